The van der Waals surface area contributed by atoms with E-state index in [9.17, 15) is 9.59 Å². The predicted molar refractivity (Wildman–Crippen MR) is 65.6 cm³/mol. The topological polar surface area (TPSA) is 75.6 Å². The van der Waals surface area contributed by atoms with Gasteiger partial charge < -0.3 is 9.94 Å². The quantitative estimate of drug-likeness (QED) is 0.587. The second kappa shape index (κ2) is 6.56. The fourth-order valence-corrected chi connectivity index (χ4v) is 1.24. The Morgan fingerprint density at radius 1 is 1.39 bits per heavy atom. The van der Waals surface area contributed by atoms with Crippen LogP contribution >= 0.6 is 0 Å². The third-order valence-electron chi connectivity index (χ3n) is 2.22. The third-order valence-corrected chi connectivity index (χ3v) is 2.22. The maximum atomic E-state index is 11.1. The van der Waals surface area contributed by atoms with Gasteiger partial charge in [-0.15, -0.1) is 5.48 Å². The number of hydrogen-bond donors (Lipinski definition) is 2. The van der Waals surface area contributed by atoms with E-state index >= 15 is 0 Å². The molecule has 0 bridgehead atoms. The van der Waals surface area contributed by atoms with Crippen LogP contribution in [0.15, 0.2) is 42.5 Å². The number of nitrogens with one attached hydrogen (secondary N) is 1. The molecule has 0 aliphatic heterocycles. The molecule has 2 N–H and O–H groups in total. The van der Waals surface area contributed by atoms with Gasteiger partial charge in [0.2, 0.25) is 0 Å². The first-order valence-corrected chi connectivity index (χ1v) is 5.39. The van der Waals surface area contributed by atoms with Crippen LogP contribution in [0.3, 0.4) is 0 Å². The van der Waals surface area contributed by atoms with Crippen LogP contribution in [-0.4, -0.2) is 23.1 Å². The standard InChI is InChI=1S/C13H15NO4/c1-9(2)13(17)18-14-11(12(15)16)8-10-6-4-3-5-7-10/h3-7,11,14H,1,8H2,2H3,(H,15,16). The lowest BCUT2D eigenvalue weighted by atomic mass is 10.1. The third kappa shape index (κ3) is 4.39. The number of hydrogen-bond acceptors (Lipinski definition) is 4. The summed E-state index contributed by atoms with van der Waals surface area (Å²) >= 11 is 0. The zero-order valence-corrected chi connectivity index (χ0v) is 10.1. The van der Waals surface area contributed by atoms with Crippen molar-refractivity contribution >= 4 is 11.9 Å². The van der Waals surface area contributed by atoms with Gasteiger partial charge in [0.1, 0.15) is 6.04 Å². The molecule has 0 fully saturated rings. The first-order valence-electron chi connectivity index (χ1n) is 5.39. The van der Waals surface area contributed by atoms with E-state index in [0.717, 1.165) is 5.56 Å². The molecule has 5 nitrogen and oxygen atoms in total. The first kappa shape index (κ1) is 13.9. The molecule has 0 aliphatic rings. The number of hydroxylamine groups is 1. The van der Waals surface area contributed by atoms with Gasteiger partial charge in [0.25, 0.3) is 0 Å². The molecule has 0 heterocycles. The van der Waals surface area contributed by atoms with Gasteiger partial charge in [0.05, 0.1) is 0 Å². The Kier molecular flexibility index (Phi) is 5.07. The highest BCUT2D eigenvalue weighted by Crippen LogP contribution is 2.04. The summed E-state index contributed by atoms with van der Waals surface area (Å²) in [5.41, 5.74) is 3.28. The molecule has 1 atom stereocenters. The van der Waals surface area contributed by atoms with E-state index in [2.05, 4.69) is 16.9 Å². The molecule has 1 rings (SSSR count). The molecular weight excluding hydrogens is 234 g/mol. The fourth-order valence-electron chi connectivity index (χ4n) is 1.24. The van der Waals surface area contributed by atoms with E-state index in [4.69, 9.17) is 5.11 Å². The summed E-state index contributed by atoms with van der Waals surface area (Å²) in [6, 6.07) is 8.09. The number of carboxylic acids is 1. The van der Waals surface area contributed by atoms with Crippen molar-refractivity contribution in [2.45, 2.75) is 19.4 Å². The summed E-state index contributed by atoms with van der Waals surface area (Å²) in [6.07, 6.45) is 0.222. The summed E-state index contributed by atoms with van der Waals surface area (Å²) < 4.78 is 0. The predicted octanol–water partition coefficient (Wildman–Crippen LogP) is 1.31. The van der Waals surface area contributed by atoms with Gasteiger partial charge in [-0.05, 0) is 12.5 Å². The van der Waals surface area contributed by atoms with Crippen LogP contribution < -0.4 is 5.48 Å². The molecule has 5 heteroatoms. The van der Waals surface area contributed by atoms with Crippen molar-refractivity contribution in [3.8, 4) is 0 Å². The molecule has 96 valence electrons. The normalized spacial score (nSPS) is 11.6. The molecule has 0 aliphatic carbocycles. The number of aliphatic carboxylic acids is 1. The van der Waals surface area contributed by atoms with Crippen molar-refractivity contribution < 1.29 is 19.5 Å². The van der Waals surface area contributed by atoms with E-state index < -0.39 is 18.0 Å². The summed E-state index contributed by atoms with van der Waals surface area (Å²) in [5.74, 6) is -1.76. The minimum absolute atomic E-state index is 0.200. The van der Waals surface area contributed by atoms with Crippen molar-refractivity contribution in [2.75, 3.05) is 0 Å². The summed E-state index contributed by atoms with van der Waals surface area (Å²) in [7, 11) is 0. The first-order chi connectivity index (χ1) is 8.50. The van der Waals surface area contributed by atoms with Gasteiger partial charge in [0.15, 0.2) is 0 Å². The Balaban J connectivity index is 2.59. The highest BCUT2D eigenvalue weighted by molar-refractivity contribution is 5.87. The second-order valence-corrected chi connectivity index (χ2v) is 3.87. The highest BCUT2D eigenvalue weighted by Gasteiger charge is 2.19. The van der Waals surface area contributed by atoms with Gasteiger partial charge >= 0.3 is 11.9 Å². The number of carboxylic acid groups (broad SMARTS) is 1. The number of rotatable bonds is 6. The average molecular weight is 249 g/mol. The zero-order valence-electron chi connectivity index (χ0n) is 10.1. The molecule has 0 saturated heterocycles. The Bertz CT molecular complexity index is 442. The molecule has 18 heavy (non-hydrogen) atoms. The SMILES string of the molecule is C=C(C)C(=O)ONC(Cc1ccccc1)C(=O)O. The average Bonchev–Trinajstić information content (AvgIpc) is 2.34. The van der Waals surface area contributed by atoms with Crippen molar-refractivity contribution in [3.05, 3.63) is 48.0 Å². The van der Waals surface area contributed by atoms with Crippen LogP contribution in [0.2, 0.25) is 0 Å². The lowest BCUT2D eigenvalue weighted by molar-refractivity contribution is -0.154. The van der Waals surface area contributed by atoms with E-state index in [-0.39, 0.29) is 12.0 Å². The molecule has 0 radical (unpaired) electrons. The lowest BCUT2D eigenvalue weighted by Crippen LogP contribution is -2.40. The Hall–Kier alpha value is -2.14. The largest absolute Gasteiger partial charge is 0.480 e. The lowest BCUT2D eigenvalue weighted by Gasteiger charge is -2.13. The van der Waals surface area contributed by atoms with Crippen LogP contribution in [-0.2, 0) is 20.8 Å². The fraction of sp³-hybridized carbons (Fsp3) is 0.231. The Labute approximate surface area is 105 Å². The van der Waals surface area contributed by atoms with Crippen LogP contribution in [0.25, 0.3) is 0 Å². The van der Waals surface area contributed by atoms with Crippen LogP contribution in [0, 0.1) is 0 Å². The summed E-state index contributed by atoms with van der Waals surface area (Å²) in [4.78, 5) is 26.8. The van der Waals surface area contributed by atoms with Crippen LogP contribution in [0.5, 0.6) is 0 Å². The van der Waals surface area contributed by atoms with E-state index in [1.165, 1.54) is 6.92 Å². The molecule has 0 aromatic heterocycles. The van der Waals surface area contributed by atoms with Gasteiger partial charge in [-0.2, -0.15) is 0 Å². The van der Waals surface area contributed by atoms with Crippen molar-refractivity contribution in [1.29, 1.82) is 0 Å². The number of benzene rings is 1. The van der Waals surface area contributed by atoms with E-state index in [1.807, 2.05) is 18.2 Å². The van der Waals surface area contributed by atoms with Crippen molar-refractivity contribution in [3.63, 3.8) is 0 Å². The van der Waals surface area contributed by atoms with Crippen molar-refractivity contribution in [1.82, 2.24) is 5.48 Å². The minimum Gasteiger partial charge on any atom is -0.480 e. The minimum atomic E-state index is -1.09. The van der Waals surface area contributed by atoms with Crippen LogP contribution in [0.4, 0.5) is 0 Å². The summed E-state index contributed by atoms with van der Waals surface area (Å²) in [6.45, 7) is 4.88. The molecular formula is C13H15NO4. The highest BCUT2D eigenvalue weighted by atomic mass is 16.7. The maximum absolute atomic E-state index is 11.1. The van der Waals surface area contributed by atoms with Gasteiger partial charge in [-0.25, -0.2) is 4.79 Å². The molecule has 0 spiro atoms. The monoisotopic (exact) mass is 249 g/mol. The Morgan fingerprint density at radius 2 is 2.00 bits per heavy atom. The number of carbonyl (C=O) groups is 2. The van der Waals surface area contributed by atoms with Gasteiger partial charge in [0, 0.05) is 12.0 Å². The van der Waals surface area contributed by atoms with E-state index in [0.29, 0.717) is 0 Å². The molecule has 1 aromatic carbocycles. The molecule has 1 unspecified atom stereocenters. The maximum Gasteiger partial charge on any atom is 0.351 e. The van der Waals surface area contributed by atoms with Crippen molar-refractivity contribution in [2.24, 2.45) is 0 Å². The molecule has 1 aromatic rings. The number of carbonyl (C=O) groups excluding carboxylic acids is 1. The smallest absolute Gasteiger partial charge is 0.351 e. The summed E-state index contributed by atoms with van der Waals surface area (Å²) in [5, 5.41) is 9.01. The van der Waals surface area contributed by atoms with Crippen LogP contribution in [0.1, 0.15) is 12.5 Å². The van der Waals surface area contributed by atoms with Gasteiger partial charge in [-0.3, -0.25) is 4.79 Å². The van der Waals surface area contributed by atoms with E-state index in [1.54, 1.807) is 12.1 Å². The molecule has 0 saturated carbocycles. The molecule has 0 amide bonds. The second-order valence-electron chi connectivity index (χ2n) is 3.87. The van der Waals surface area contributed by atoms with Gasteiger partial charge in [-0.1, -0.05) is 36.9 Å². The Morgan fingerprint density at radius 3 is 2.50 bits per heavy atom. The zero-order chi connectivity index (χ0) is 13.5.